The first kappa shape index (κ1) is 14.8. The Labute approximate surface area is 126 Å². The van der Waals surface area contributed by atoms with E-state index in [1.54, 1.807) is 25.1 Å². The van der Waals surface area contributed by atoms with Crippen LogP contribution in [0.5, 0.6) is 5.88 Å². The van der Waals surface area contributed by atoms with E-state index < -0.39 is 0 Å². The Morgan fingerprint density at radius 3 is 2.67 bits per heavy atom. The maximum Gasteiger partial charge on any atom is 0.257 e. The number of aromatic nitrogens is 3. The summed E-state index contributed by atoms with van der Waals surface area (Å²) in [6.45, 7) is 1.80. The van der Waals surface area contributed by atoms with Gasteiger partial charge in [0.05, 0.1) is 7.11 Å². The summed E-state index contributed by atoms with van der Waals surface area (Å²) in [7, 11) is 1.51. The van der Waals surface area contributed by atoms with Gasteiger partial charge in [-0.2, -0.15) is 4.98 Å². The first-order valence-corrected chi connectivity index (χ1v) is 6.41. The van der Waals surface area contributed by atoms with Crippen molar-refractivity contribution in [3.05, 3.63) is 41.9 Å². The number of nitrogens with zero attached hydrogens (tertiary/aromatic N) is 3. The zero-order valence-corrected chi connectivity index (χ0v) is 12.3. The summed E-state index contributed by atoms with van der Waals surface area (Å²) < 4.78 is 5.04. The van der Waals surface area contributed by atoms with Crippen molar-refractivity contribution in [2.45, 2.75) is 6.92 Å². The van der Waals surface area contributed by atoms with E-state index in [0.29, 0.717) is 17.1 Å². The maximum absolute atomic E-state index is 11.9. The molecule has 0 saturated heterocycles. The molecule has 8 heteroatoms. The average Bonchev–Trinajstić information content (AvgIpc) is 2.47. The molecule has 2 aromatic rings. The molecule has 7 nitrogen and oxygen atoms in total. The van der Waals surface area contributed by atoms with Gasteiger partial charge in [0.2, 0.25) is 11.8 Å². The van der Waals surface area contributed by atoms with E-state index in [2.05, 4.69) is 25.6 Å². The molecule has 2 heterocycles. The van der Waals surface area contributed by atoms with E-state index in [9.17, 15) is 4.79 Å². The Morgan fingerprint density at radius 2 is 2.00 bits per heavy atom. The first-order valence-electron chi connectivity index (χ1n) is 6.00. The van der Waals surface area contributed by atoms with Crippen molar-refractivity contribution in [3.63, 3.8) is 0 Å². The summed E-state index contributed by atoms with van der Waals surface area (Å²) >= 11 is 5.06. The zero-order chi connectivity index (χ0) is 15.2. The molecule has 0 unspecified atom stereocenters. The highest BCUT2D eigenvalue weighted by atomic mass is 32.1. The Bertz CT molecular complexity index is 663. The van der Waals surface area contributed by atoms with Gasteiger partial charge in [-0.15, -0.1) is 0 Å². The van der Waals surface area contributed by atoms with Crippen LogP contribution in [0.3, 0.4) is 0 Å². The highest BCUT2D eigenvalue weighted by molar-refractivity contribution is 7.80. The minimum atomic E-state index is -0.338. The van der Waals surface area contributed by atoms with E-state index in [1.807, 2.05) is 0 Å². The van der Waals surface area contributed by atoms with Crippen LogP contribution < -0.4 is 15.4 Å². The summed E-state index contributed by atoms with van der Waals surface area (Å²) in [4.78, 5) is 24.0. The molecule has 0 aliphatic rings. The van der Waals surface area contributed by atoms with Crippen LogP contribution >= 0.6 is 12.2 Å². The Balaban J connectivity index is 2.02. The highest BCUT2D eigenvalue weighted by Gasteiger charge is 2.09. The lowest BCUT2D eigenvalue weighted by Gasteiger charge is -2.09. The number of pyridine rings is 1. The van der Waals surface area contributed by atoms with Gasteiger partial charge in [0, 0.05) is 29.7 Å². The van der Waals surface area contributed by atoms with Crippen LogP contribution in [-0.2, 0) is 0 Å². The number of carbonyl (C=O) groups is 1. The molecular weight excluding hydrogens is 290 g/mol. The van der Waals surface area contributed by atoms with Gasteiger partial charge in [0.1, 0.15) is 0 Å². The SMILES string of the molecule is COc1cc(C)nc(NC(=S)NC(=O)c2ccncc2)n1. The standard InChI is InChI=1S/C13H13N5O2S/c1-8-7-10(20-2)16-12(15-8)18-13(21)17-11(19)9-3-5-14-6-4-9/h3-7H,1-2H3,(H2,15,16,17,18,19,21). The third-order valence-electron chi connectivity index (χ3n) is 2.43. The van der Waals surface area contributed by atoms with Gasteiger partial charge in [-0.1, -0.05) is 0 Å². The number of thiocarbonyl (C=S) groups is 1. The number of hydrogen-bond donors (Lipinski definition) is 2. The average molecular weight is 303 g/mol. The lowest BCUT2D eigenvalue weighted by Crippen LogP contribution is -2.34. The Hall–Kier alpha value is -2.61. The number of methoxy groups -OCH3 is 1. The lowest BCUT2D eigenvalue weighted by atomic mass is 10.2. The summed E-state index contributed by atoms with van der Waals surface area (Å²) in [6.07, 6.45) is 3.06. The van der Waals surface area contributed by atoms with Gasteiger partial charge in [-0.25, -0.2) is 4.98 Å². The molecule has 21 heavy (non-hydrogen) atoms. The lowest BCUT2D eigenvalue weighted by molar-refractivity contribution is 0.0977. The zero-order valence-electron chi connectivity index (χ0n) is 11.5. The number of rotatable bonds is 3. The smallest absolute Gasteiger partial charge is 0.257 e. The van der Waals surface area contributed by atoms with Crippen LogP contribution in [0.2, 0.25) is 0 Å². The van der Waals surface area contributed by atoms with Crippen LogP contribution in [0.1, 0.15) is 16.1 Å². The number of hydrogen-bond acceptors (Lipinski definition) is 6. The van der Waals surface area contributed by atoms with E-state index in [-0.39, 0.29) is 17.0 Å². The third kappa shape index (κ3) is 4.18. The number of aryl methyl sites for hydroxylation is 1. The molecule has 2 N–H and O–H groups in total. The number of carbonyl (C=O) groups excluding carboxylic acids is 1. The largest absolute Gasteiger partial charge is 0.481 e. The van der Waals surface area contributed by atoms with Crippen molar-refractivity contribution >= 4 is 29.2 Å². The topological polar surface area (TPSA) is 89.0 Å². The maximum atomic E-state index is 11.9. The number of anilines is 1. The molecule has 0 aliphatic heterocycles. The predicted octanol–water partition coefficient (Wildman–Crippen LogP) is 1.32. The molecule has 2 aromatic heterocycles. The van der Waals surface area contributed by atoms with Crippen molar-refractivity contribution in [1.29, 1.82) is 0 Å². The quantitative estimate of drug-likeness (QED) is 0.826. The third-order valence-corrected chi connectivity index (χ3v) is 2.64. The molecule has 1 amide bonds. The van der Waals surface area contributed by atoms with Crippen LogP contribution in [0.25, 0.3) is 0 Å². The highest BCUT2D eigenvalue weighted by Crippen LogP contribution is 2.11. The van der Waals surface area contributed by atoms with Crippen molar-refractivity contribution < 1.29 is 9.53 Å². The molecule has 0 fully saturated rings. The molecular formula is C13H13N5O2S. The molecule has 0 atom stereocenters. The van der Waals surface area contributed by atoms with Gasteiger partial charge in [-0.3, -0.25) is 15.1 Å². The summed E-state index contributed by atoms with van der Waals surface area (Å²) in [5.41, 5.74) is 1.17. The van der Waals surface area contributed by atoms with Crippen LogP contribution in [-0.4, -0.2) is 33.1 Å². The van der Waals surface area contributed by atoms with Gasteiger partial charge < -0.3 is 10.1 Å². The number of nitrogens with one attached hydrogen (secondary N) is 2. The molecule has 0 aliphatic carbocycles. The summed E-state index contributed by atoms with van der Waals surface area (Å²) in [5, 5.41) is 5.38. The van der Waals surface area contributed by atoms with Crippen LogP contribution in [0.15, 0.2) is 30.6 Å². The van der Waals surface area contributed by atoms with Crippen molar-refractivity contribution in [2.24, 2.45) is 0 Å². The Morgan fingerprint density at radius 1 is 1.29 bits per heavy atom. The number of ether oxygens (including phenoxy) is 1. The fourth-order valence-electron chi connectivity index (χ4n) is 1.51. The minimum absolute atomic E-state index is 0.101. The molecule has 0 radical (unpaired) electrons. The van der Waals surface area contributed by atoms with Crippen molar-refractivity contribution in [3.8, 4) is 5.88 Å². The first-order chi connectivity index (χ1) is 10.1. The molecule has 0 saturated carbocycles. The fraction of sp³-hybridized carbons (Fsp3) is 0.154. The summed E-state index contributed by atoms with van der Waals surface area (Å²) in [6, 6.07) is 4.86. The van der Waals surface area contributed by atoms with E-state index in [0.717, 1.165) is 0 Å². The monoisotopic (exact) mass is 303 g/mol. The number of amides is 1. The molecule has 0 aromatic carbocycles. The van der Waals surface area contributed by atoms with Gasteiger partial charge in [-0.05, 0) is 31.3 Å². The molecule has 0 spiro atoms. The van der Waals surface area contributed by atoms with Crippen LogP contribution in [0.4, 0.5) is 5.95 Å². The van der Waals surface area contributed by atoms with Crippen LogP contribution in [0, 0.1) is 6.92 Å². The second-order valence-electron chi connectivity index (χ2n) is 4.02. The molecule has 0 bridgehead atoms. The molecule has 2 rings (SSSR count). The van der Waals surface area contributed by atoms with E-state index >= 15 is 0 Å². The van der Waals surface area contributed by atoms with E-state index in [1.165, 1.54) is 19.5 Å². The van der Waals surface area contributed by atoms with E-state index in [4.69, 9.17) is 17.0 Å². The van der Waals surface area contributed by atoms with Gasteiger partial charge in [0.25, 0.3) is 5.91 Å². The summed E-state index contributed by atoms with van der Waals surface area (Å²) in [5.74, 6) is 0.328. The van der Waals surface area contributed by atoms with Gasteiger partial charge >= 0.3 is 0 Å². The van der Waals surface area contributed by atoms with Crippen molar-refractivity contribution in [1.82, 2.24) is 20.3 Å². The second kappa shape index (κ2) is 6.71. The fourth-order valence-corrected chi connectivity index (χ4v) is 1.70. The minimum Gasteiger partial charge on any atom is -0.481 e. The second-order valence-corrected chi connectivity index (χ2v) is 4.43. The predicted molar refractivity (Wildman–Crippen MR) is 81.2 cm³/mol. The molecule has 108 valence electrons. The van der Waals surface area contributed by atoms with Gasteiger partial charge in [0.15, 0.2) is 5.11 Å². The van der Waals surface area contributed by atoms with Crippen molar-refractivity contribution in [2.75, 3.05) is 12.4 Å². The normalized spacial score (nSPS) is 9.81. The Kier molecular flexibility index (Phi) is 4.72.